The zero-order chi connectivity index (χ0) is 18.1. The zero-order valence-electron chi connectivity index (χ0n) is 14.0. The van der Waals surface area contributed by atoms with Crippen molar-refractivity contribution in [3.63, 3.8) is 0 Å². The largest absolute Gasteiger partial charge is 0.469 e. The lowest BCUT2D eigenvalue weighted by atomic mass is 9.96. The summed E-state index contributed by atoms with van der Waals surface area (Å²) in [7, 11) is 0. The van der Waals surface area contributed by atoms with E-state index in [0.29, 0.717) is 24.4 Å². The number of hydrogen-bond acceptors (Lipinski definition) is 4. The highest BCUT2D eigenvalue weighted by Crippen LogP contribution is 2.40. The van der Waals surface area contributed by atoms with Gasteiger partial charge in [-0.05, 0) is 34.1 Å². The topological polar surface area (TPSA) is 38.8 Å². The molecular formula is C20H17Br2NO3. The quantitative estimate of drug-likeness (QED) is 0.607. The van der Waals surface area contributed by atoms with Gasteiger partial charge in [0, 0.05) is 28.7 Å². The second kappa shape index (κ2) is 7.64. The van der Waals surface area contributed by atoms with Crippen molar-refractivity contribution < 1.29 is 14.3 Å². The molecule has 1 saturated heterocycles. The van der Waals surface area contributed by atoms with Crippen molar-refractivity contribution in [2.24, 2.45) is 0 Å². The Morgan fingerprint density at radius 2 is 1.81 bits per heavy atom. The number of fused-ring (bicyclic) bond motifs is 1. The van der Waals surface area contributed by atoms with Crippen LogP contribution in [0, 0.1) is 0 Å². The Morgan fingerprint density at radius 3 is 2.54 bits per heavy atom. The maximum Gasteiger partial charge on any atom is 0.194 e. The number of rotatable bonds is 3. The Hall–Kier alpha value is -1.47. The van der Waals surface area contributed by atoms with Crippen LogP contribution in [0.3, 0.4) is 0 Å². The van der Waals surface area contributed by atoms with Crippen LogP contribution in [-0.4, -0.2) is 43.2 Å². The van der Waals surface area contributed by atoms with E-state index in [9.17, 15) is 4.79 Å². The van der Waals surface area contributed by atoms with Crippen LogP contribution in [0.1, 0.15) is 15.9 Å². The normalized spacial score (nSPS) is 20.1. The van der Waals surface area contributed by atoms with Gasteiger partial charge in [-0.1, -0.05) is 46.3 Å². The Labute approximate surface area is 169 Å². The SMILES string of the molecule is O=C(C1=Cc2cc(Br)cc(Br)c2OC1N1CCOCC1)c1ccccc1. The van der Waals surface area contributed by atoms with E-state index in [-0.39, 0.29) is 5.78 Å². The summed E-state index contributed by atoms with van der Waals surface area (Å²) in [4.78, 5) is 15.4. The van der Waals surface area contributed by atoms with E-state index in [4.69, 9.17) is 9.47 Å². The third kappa shape index (κ3) is 3.51. The van der Waals surface area contributed by atoms with Crippen LogP contribution in [0.25, 0.3) is 6.08 Å². The molecule has 0 amide bonds. The fraction of sp³-hybridized carbons (Fsp3) is 0.250. The van der Waals surface area contributed by atoms with Gasteiger partial charge in [0.2, 0.25) is 0 Å². The van der Waals surface area contributed by atoms with Crippen molar-refractivity contribution in [1.82, 2.24) is 4.90 Å². The summed E-state index contributed by atoms with van der Waals surface area (Å²) in [5, 5.41) is 0. The molecule has 2 aliphatic heterocycles. The molecule has 0 aliphatic carbocycles. The van der Waals surface area contributed by atoms with Gasteiger partial charge >= 0.3 is 0 Å². The van der Waals surface area contributed by atoms with Gasteiger partial charge < -0.3 is 9.47 Å². The number of carbonyl (C=O) groups is 1. The maximum absolute atomic E-state index is 13.2. The highest BCUT2D eigenvalue weighted by molar-refractivity contribution is 9.11. The number of morpholine rings is 1. The number of carbonyl (C=O) groups excluding carboxylic acids is 1. The first-order valence-electron chi connectivity index (χ1n) is 8.42. The molecule has 2 aromatic carbocycles. The second-order valence-electron chi connectivity index (χ2n) is 6.22. The smallest absolute Gasteiger partial charge is 0.194 e. The van der Waals surface area contributed by atoms with Crippen LogP contribution in [0.4, 0.5) is 0 Å². The lowest BCUT2D eigenvalue weighted by Crippen LogP contribution is -2.49. The van der Waals surface area contributed by atoms with Crippen molar-refractivity contribution in [3.05, 3.63) is 68.1 Å². The molecule has 1 atom stereocenters. The van der Waals surface area contributed by atoms with Crippen molar-refractivity contribution in [1.29, 1.82) is 0 Å². The van der Waals surface area contributed by atoms with E-state index in [1.807, 2.05) is 48.5 Å². The Balaban J connectivity index is 1.79. The number of benzene rings is 2. The summed E-state index contributed by atoms with van der Waals surface area (Å²) < 4.78 is 13.6. The molecule has 4 rings (SSSR count). The number of hydrogen-bond donors (Lipinski definition) is 0. The third-order valence-corrected chi connectivity index (χ3v) is 5.57. The van der Waals surface area contributed by atoms with E-state index in [1.54, 1.807) is 0 Å². The predicted molar refractivity (Wildman–Crippen MR) is 107 cm³/mol. The molecule has 2 heterocycles. The van der Waals surface area contributed by atoms with Gasteiger partial charge in [0.25, 0.3) is 0 Å². The molecular weight excluding hydrogens is 462 g/mol. The van der Waals surface area contributed by atoms with Crippen LogP contribution < -0.4 is 4.74 Å². The predicted octanol–water partition coefficient (Wildman–Crippen LogP) is 4.53. The zero-order valence-corrected chi connectivity index (χ0v) is 17.1. The van der Waals surface area contributed by atoms with Crippen molar-refractivity contribution >= 4 is 43.7 Å². The van der Waals surface area contributed by atoms with E-state index in [0.717, 1.165) is 33.3 Å². The van der Waals surface area contributed by atoms with Crippen molar-refractivity contribution in [3.8, 4) is 5.75 Å². The molecule has 0 saturated carbocycles. The number of ether oxygens (including phenoxy) is 2. The number of Topliss-reactive ketones (excluding diaryl/α,β-unsaturated/α-hetero) is 1. The van der Waals surface area contributed by atoms with E-state index in [2.05, 4.69) is 36.8 Å². The van der Waals surface area contributed by atoms with Crippen LogP contribution in [-0.2, 0) is 4.74 Å². The molecule has 134 valence electrons. The van der Waals surface area contributed by atoms with Gasteiger partial charge in [0.05, 0.1) is 23.3 Å². The summed E-state index contributed by atoms with van der Waals surface area (Å²) in [6.07, 6.45) is 1.53. The van der Waals surface area contributed by atoms with Crippen LogP contribution in [0.2, 0.25) is 0 Å². The fourth-order valence-electron chi connectivity index (χ4n) is 3.24. The summed E-state index contributed by atoms with van der Waals surface area (Å²) in [5.41, 5.74) is 2.20. The van der Waals surface area contributed by atoms with Gasteiger partial charge in [0.15, 0.2) is 12.0 Å². The number of halogens is 2. The second-order valence-corrected chi connectivity index (χ2v) is 7.99. The summed E-state index contributed by atoms with van der Waals surface area (Å²) in [5.74, 6) is 0.748. The molecule has 1 unspecified atom stereocenters. The third-order valence-electron chi connectivity index (χ3n) is 4.52. The lowest BCUT2D eigenvalue weighted by molar-refractivity contribution is -0.0304. The molecule has 4 nitrogen and oxygen atoms in total. The van der Waals surface area contributed by atoms with Crippen LogP contribution in [0.5, 0.6) is 5.75 Å². The average Bonchev–Trinajstić information content (AvgIpc) is 2.68. The number of nitrogens with zero attached hydrogens (tertiary/aromatic N) is 1. The molecule has 1 fully saturated rings. The molecule has 2 aromatic rings. The molecule has 0 N–H and O–H groups in total. The molecule has 26 heavy (non-hydrogen) atoms. The van der Waals surface area contributed by atoms with Gasteiger partial charge in [-0.3, -0.25) is 9.69 Å². The van der Waals surface area contributed by atoms with Crippen LogP contribution >= 0.6 is 31.9 Å². The summed E-state index contributed by atoms with van der Waals surface area (Å²) >= 11 is 7.08. The van der Waals surface area contributed by atoms with Gasteiger partial charge in [-0.15, -0.1) is 0 Å². The van der Waals surface area contributed by atoms with E-state index >= 15 is 0 Å². The first-order chi connectivity index (χ1) is 12.6. The summed E-state index contributed by atoms with van der Waals surface area (Å²) in [6.45, 7) is 2.74. The van der Waals surface area contributed by atoms with Gasteiger partial charge in [-0.2, -0.15) is 0 Å². The first-order valence-corrected chi connectivity index (χ1v) is 10.0. The standard InChI is InChI=1S/C20H17Br2NO3/c21-15-10-14-11-16(18(24)13-4-2-1-3-5-13)20(23-6-8-25-9-7-23)26-19(14)17(22)12-15/h1-5,10-12,20H,6-9H2. The number of ketones is 1. The van der Waals surface area contributed by atoms with Crippen molar-refractivity contribution in [2.75, 3.05) is 26.3 Å². The van der Waals surface area contributed by atoms with E-state index in [1.165, 1.54) is 0 Å². The molecule has 0 bridgehead atoms. The molecule has 6 heteroatoms. The lowest BCUT2D eigenvalue weighted by Gasteiger charge is -2.37. The van der Waals surface area contributed by atoms with Crippen LogP contribution in [0.15, 0.2) is 57.0 Å². The highest BCUT2D eigenvalue weighted by atomic mass is 79.9. The van der Waals surface area contributed by atoms with E-state index < -0.39 is 6.23 Å². The highest BCUT2D eigenvalue weighted by Gasteiger charge is 2.34. The minimum Gasteiger partial charge on any atom is -0.469 e. The monoisotopic (exact) mass is 477 g/mol. The first kappa shape index (κ1) is 17.9. The Bertz CT molecular complexity index is 861. The maximum atomic E-state index is 13.2. The molecule has 0 aromatic heterocycles. The van der Waals surface area contributed by atoms with Gasteiger partial charge in [0.1, 0.15) is 5.75 Å². The summed E-state index contributed by atoms with van der Waals surface area (Å²) in [6, 6.07) is 13.3. The Morgan fingerprint density at radius 1 is 1.08 bits per heavy atom. The molecule has 0 radical (unpaired) electrons. The fourth-order valence-corrected chi connectivity index (χ4v) is 4.59. The average molecular weight is 479 g/mol. The molecule has 0 spiro atoms. The van der Waals surface area contributed by atoms with Gasteiger partial charge in [-0.25, -0.2) is 0 Å². The minimum atomic E-state index is -0.420. The minimum absolute atomic E-state index is 0.0103. The Kier molecular flexibility index (Phi) is 5.27. The van der Waals surface area contributed by atoms with Crippen molar-refractivity contribution in [2.45, 2.75) is 6.23 Å². The molecule has 2 aliphatic rings.